The molecule has 2 rings (SSSR count). The molecule has 0 aromatic heterocycles. The monoisotopic (exact) mass is 330 g/mol. The van der Waals surface area contributed by atoms with Gasteiger partial charge in [-0.15, -0.1) is 0 Å². The summed E-state index contributed by atoms with van der Waals surface area (Å²) >= 11 is 0. The summed E-state index contributed by atoms with van der Waals surface area (Å²) in [5.74, 6) is -1.53. The first-order valence-corrected chi connectivity index (χ1v) is 7.28. The maximum Gasteiger partial charge on any atom is 0.355 e. The van der Waals surface area contributed by atoms with E-state index in [1.165, 1.54) is 14.2 Å². The van der Waals surface area contributed by atoms with Gasteiger partial charge in [0.05, 0.1) is 38.4 Å². The zero-order valence-electron chi connectivity index (χ0n) is 13.7. The molecule has 0 bridgehead atoms. The molecule has 0 aliphatic carbocycles. The van der Waals surface area contributed by atoms with Crippen LogP contribution in [-0.2, 0) is 23.8 Å². The van der Waals surface area contributed by atoms with Gasteiger partial charge in [0.25, 0.3) is 0 Å². The van der Waals surface area contributed by atoms with E-state index in [1.807, 2.05) is 0 Å². The fourth-order valence-electron chi connectivity index (χ4n) is 2.36. The molecule has 126 valence electrons. The Morgan fingerprint density at radius 2 is 1.83 bits per heavy atom. The van der Waals surface area contributed by atoms with Gasteiger partial charge < -0.3 is 19.1 Å². The van der Waals surface area contributed by atoms with Crippen LogP contribution in [0.5, 0.6) is 0 Å². The molecular weight excluding hydrogens is 312 g/mol. The minimum absolute atomic E-state index is 0.0306. The number of nitriles is 1. The molecule has 0 saturated carbocycles. The van der Waals surface area contributed by atoms with E-state index in [0.29, 0.717) is 5.69 Å². The molecule has 1 aromatic carbocycles. The summed E-state index contributed by atoms with van der Waals surface area (Å²) in [7, 11) is 2.48. The maximum absolute atomic E-state index is 12.2. The SMILES string of the molecule is COC(=O)C1=C(C(=O)OC)N(c2ccc(C(C)C#N)cc2)COC1. The molecular formula is C17H18N2O5. The number of esters is 2. The number of anilines is 1. The summed E-state index contributed by atoms with van der Waals surface area (Å²) in [6.45, 7) is 1.86. The molecule has 7 heteroatoms. The first kappa shape index (κ1) is 17.5. The van der Waals surface area contributed by atoms with Gasteiger partial charge in [0.1, 0.15) is 12.4 Å². The Bertz CT molecular complexity index is 703. The molecule has 1 aliphatic heterocycles. The number of nitrogens with zero attached hydrogens (tertiary/aromatic N) is 2. The number of carbonyl (C=O) groups is 2. The highest BCUT2D eigenvalue weighted by atomic mass is 16.5. The van der Waals surface area contributed by atoms with Crippen LogP contribution in [-0.4, -0.2) is 39.5 Å². The molecule has 1 unspecified atom stereocenters. The summed E-state index contributed by atoms with van der Waals surface area (Å²) in [5.41, 5.74) is 1.70. The van der Waals surface area contributed by atoms with Crippen molar-refractivity contribution < 1.29 is 23.8 Å². The van der Waals surface area contributed by atoms with E-state index in [0.717, 1.165) is 5.56 Å². The Morgan fingerprint density at radius 1 is 1.21 bits per heavy atom. The Hall–Kier alpha value is -2.85. The molecule has 1 aromatic rings. The van der Waals surface area contributed by atoms with Crippen molar-refractivity contribution in [3.8, 4) is 6.07 Å². The van der Waals surface area contributed by atoms with Gasteiger partial charge in [-0.2, -0.15) is 5.26 Å². The second kappa shape index (κ2) is 7.62. The first-order chi connectivity index (χ1) is 11.5. The molecule has 0 radical (unpaired) electrons. The zero-order valence-corrected chi connectivity index (χ0v) is 13.7. The largest absolute Gasteiger partial charge is 0.466 e. The van der Waals surface area contributed by atoms with Crippen molar-refractivity contribution in [2.24, 2.45) is 0 Å². The van der Waals surface area contributed by atoms with Crippen LogP contribution in [0, 0.1) is 11.3 Å². The lowest BCUT2D eigenvalue weighted by molar-refractivity contribution is -0.140. The maximum atomic E-state index is 12.2. The lowest BCUT2D eigenvalue weighted by Crippen LogP contribution is -2.38. The molecule has 0 saturated heterocycles. The molecule has 0 amide bonds. The Morgan fingerprint density at radius 3 is 2.38 bits per heavy atom. The molecule has 1 atom stereocenters. The van der Waals surface area contributed by atoms with E-state index in [2.05, 4.69) is 6.07 Å². The fourth-order valence-corrected chi connectivity index (χ4v) is 2.36. The molecule has 7 nitrogen and oxygen atoms in total. The van der Waals surface area contributed by atoms with Crippen LogP contribution in [0.15, 0.2) is 35.5 Å². The standard InChI is InChI=1S/C17H18N2O5/c1-11(8-18)12-4-6-13(7-5-12)19-10-24-9-14(16(20)22-2)15(19)17(21)23-3/h4-7,11H,9-10H2,1-3H3. The molecule has 24 heavy (non-hydrogen) atoms. The number of methoxy groups -OCH3 is 2. The van der Waals surface area contributed by atoms with Gasteiger partial charge in [-0.1, -0.05) is 12.1 Å². The smallest absolute Gasteiger partial charge is 0.355 e. The second-order valence-electron chi connectivity index (χ2n) is 5.16. The Labute approximate surface area is 140 Å². The van der Waals surface area contributed by atoms with Crippen LogP contribution in [0.2, 0.25) is 0 Å². The van der Waals surface area contributed by atoms with Crippen LogP contribution in [0.4, 0.5) is 5.69 Å². The van der Waals surface area contributed by atoms with Crippen LogP contribution in [0.1, 0.15) is 18.4 Å². The van der Waals surface area contributed by atoms with Gasteiger partial charge in [-0.3, -0.25) is 0 Å². The highest BCUT2D eigenvalue weighted by Gasteiger charge is 2.32. The highest BCUT2D eigenvalue weighted by molar-refractivity contribution is 6.03. The van der Waals surface area contributed by atoms with Gasteiger partial charge >= 0.3 is 11.9 Å². The number of benzene rings is 1. The summed E-state index contributed by atoms with van der Waals surface area (Å²) in [6, 6.07) is 9.27. The van der Waals surface area contributed by atoms with Gasteiger partial charge in [0, 0.05) is 5.69 Å². The van der Waals surface area contributed by atoms with Crippen LogP contribution in [0.3, 0.4) is 0 Å². The Balaban J connectivity index is 2.45. The lowest BCUT2D eigenvalue weighted by atomic mass is 10.0. The molecule has 0 N–H and O–H groups in total. The van der Waals surface area contributed by atoms with Gasteiger partial charge in [0.2, 0.25) is 0 Å². The third kappa shape index (κ3) is 3.39. The molecule has 0 spiro atoms. The number of rotatable bonds is 4. The van der Waals surface area contributed by atoms with E-state index in [1.54, 1.807) is 36.1 Å². The van der Waals surface area contributed by atoms with Crippen LogP contribution < -0.4 is 4.90 Å². The predicted octanol–water partition coefficient (Wildman–Crippen LogP) is 1.71. The minimum Gasteiger partial charge on any atom is -0.466 e. The van der Waals surface area contributed by atoms with Crippen molar-refractivity contribution in [2.75, 3.05) is 32.5 Å². The lowest BCUT2D eigenvalue weighted by Gasteiger charge is -2.31. The third-order valence-corrected chi connectivity index (χ3v) is 3.73. The number of carbonyl (C=O) groups excluding carboxylic acids is 2. The van der Waals surface area contributed by atoms with E-state index < -0.39 is 11.9 Å². The van der Waals surface area contributed by atoms with Crippen molar-refractivity contribution in [1.29, 1.82) is 5.26 Å². The number of hydrogen-bond donors (Lipinski definition) is 0. The van der Waals surface area contributed by atoms with Gasteiger partial charge in [0.15, 0.2) is 0 Å². The summed E-state index contributed by atoms with van der Waals surface area (Å²) in [5, 5.41) is 8.98. The summed E-state index contributed by atoms with van der Waals surface area (Å²) in [6.07, 6.45) is 0. The van der Waals surface area contributed by atoms with E-state index in [4.69, 9.17) is 19.5 Å². The van der Waals surface area contributed by atoms with Crippen molar-refractivity contribution in [3.05, 3.63) is 41.1 Å². The summed E-state index contributed by atoms with van der Waals surface area (Å²) < 4.78 is 14.9. The van der Waals surface area contributed by atoms with E-state index in [-0.39, 0.29) is 30.5 Å². The highest BCUT2D eigenvalue weighted by Crippen LogP contribution is 2.28. The zero-order chi connectivity index (χ0) is 17.7. The first-order valence-electron chi connectivity index (χ1n) is 7.28. The van der Waals surface area contributed by atoms with Gasteiger partial charge in [-0.25, -0.2) is 9.59 Å². The van der Waals surface area contributed by atoms with Crippen molar-refractivity contribution >= 4 is 17.6 Å². The second-order valence-corrected chi connectivity index (χ2v) is 5.16. The van der Waals surface area contributed by atoms with Crippen LogP contribution >= 0.6 is 0 Å². The molecule has 1 aliphatic rings. The summed E-state index contributed by atoms with van der Waals surface area (Å²) in [4.78, 5) is 25.6. The molecule has 0 fully saturated rings. The minimum atomic E-state index is -0.645. The van der Waals surface area contributed by atoms with E-state index in [9.17, 15) is 9.59 Å². The number of ether oxygens (including phenoxy) is 3. The van der Waals surface area contributed by atoms with Crippen molar-refractivity contribution in [2.45, 2.75) is 12.8 Å². The average Bonchev–Trinajstić information content (AvgIpc) is 2.65. The Kier molecular flexibility index (Phi) is 5.55. The van der Waals surface area contributed by atoms with E-state index >= 15 is 0 Å². The average molecular weight is 330 g/mol. The van der Waals surface area contributed by atoms with Gasteiger partial charge in [-0.05, 0) is 24.6 Å². The molecule has 1 heterocycles. The predicted molar refractivity (Wildman–Crippen MR) is 84.8 cm³/mol. The van der Waals surface area contributed by atoms with Crippen molar-refractivity contribution in [1.82, 2.24) is 0 Å². The third-order valence-electron chi connectivity index (χ3n) is 3.73. The number of hydrogen-bond acceptors (Lipinski definition) is 7. The fraction of sp³-hybridized carbons (Fsp3) is 0.353. The topological polar surface area (TPSA) is 88.9 Å². The quantitative estimate of drug-likeness (QED) is 0.776. The van der Waals surface area contributed by atoms with Crippen LogP contribution in [0.25, 0.3) is 0 Å². The van der Waals surface area contributed by atoms with Crippen molar-refractivity contribution in [3.63, 3.8) is 0 Å². The normalized spacial score (nSPS) is 15.5.